The molecule has 0 spiro atoms. The molecule has 1 fully saturated rings. The van der Waals surface area contributed by atoms with Gasteiger partial charge in [0, 0.05) is 18.5 Å². The lowest BCUT2D eigenvalue weighted by molar-refractivity contribution is -0.0991. The summed E-state index contributed by atoms with van der Waals surface area (Å²) < 4.78 is 18.2. The molecule has 1 saturated heterocycles. The Morgan fingerprint density at radius 2 is 2.19 bits per heavy atom. The second-order valence-electron chi connectivity index (χ2n) is 4.99. The third-order valence-corrected chi connectivity index (χ3v) is 3.00. The largest absolute Gasteiger partial charge is 0.380 e. The van der Waals surface area contributed by atoms with Crippen molar-refractivity contribution in [3.63, 3.8) is 0 Å². The number of halogens is 1. The number of rotatable bonds is 4. The van der Waals surface area contributed by atoms with Crippen molar-refractivity contribution in [3.05, 3.63) is 35.1 Å². The van der Waals surface area contributed by atoms with E-state index in [2.05, 4.69) is 12.2 Å². The molecular weight excluding hydrogens is 205 g/mol. The van der Waals surface area contributed by atoms with E-state index in [9.17, 15) is 4.39 Å². The van der Waals surface area contributed by atoms with Gasteiger partial charge in [-0.25, -0.2) is 4.39 Å². The van der Waals surface area contributed by atoms with Crippen LogP contribution in [0.4, 0.5) is 4.39 Å². The van der Waals surface area contributed by atoms with Gasteiger partial charge >= 0.3 is 0 Å². The van der Waals surface area contributed by atoms with E-state index in [0.717, 1.165) is 31.9 Å². The first-order valence-electron chi connectivity index (χ1n) is 5.63. The zero-order valence-corrected chi connectivity index (χ0v) is 9.85. The Bertz CT molecular complexity index is 374. The standard InChI is InChI=1S/C13H18FNO/c1-10-5-11(3-4-12(10)14)6-15-7-13(2)8-16-9-13/h3-5,15H,6-9H2,1-2H3. The lowest BCUT2D eigenvalue weighted by Gasteiger charge is -2.38. The van der Waals surface area contributed by atoms with Crippen LogP contribution in [0, 0.1) is 18.2 Å². The Labute approximate surface area is 95.8 Å². The Morgan fingerprint density at radius 1 is 1.44 bits per heavy atom. The van der Waals surface area contributed by atoms with E-state index < -0.39 is 0 Å². The van der Waals surface area contributed by atoms with Crippen LogP contribution < -0.4 is 5.32 Å². The third-order valence-electron chi connectivity index (χ3n) is 3.00. The Kier molecular flexibility index (Phi) is 3.26. The fourth-order valence-corrected chi connectivity index (χ4v) is 1.88. The maximum absolute atomic E-state index is 13.0. The van der Waals surface area contributed by atoms with Gasteiger partial charge in [-0.2, -0.15) is 0 Å². The van der Waals surface area contributed by atoms with Crippen molar-refractivity contribution in [1.82, 2.24) is 5.32 Å². The van der Waals surface area contributed by atoms with Gasteiger partial charge < -0.3 is 10.1 Å². The van der Waals surface area contributed by atoms with Crippen LogP contribution in [-0.2, 0) is 11.3 Å². The molecule has 0 aromatic heterocycles. The van der Waals surface area contributed by atoms with E-state index >= 15 is 0 Å². The first-order chi connectivity index (χ1) is 7.59. The molecule has 1 aliphatic heterocycles. The second-order valence-corrected chi connectivity index (χ2v) is 4.99. The minimum Gasteiger partial charge on any atom is -0.380 e. The summed E-state index contributed by atoms with van der Waals surface area (Å²) >= 11 is 0. The van der Waals surface area contributed by atoms with Gasteiger partial charge in [0.1, 0.15) is 5.82 Å². The molecule has 0 bridgehead atoms. The fourth-order valence-electron chi connectivity index (χ4n) is 1.88. The summed E-state index contributed by atoms with van der Waals surface area (Å²) in [7, 11) is 0. The average molecular weight is 223 g/mol. The average Bonchev–Trinajstić information content (AvgIpc) is 2.21. The molecule has 1 aromatic rings. The monoisotopic (exact) mass is 223 g/mol. The summed E-state index contributed by atoms with van der Waals surface area (Å²) in [6.45, 7) is 7.41. The number of nitrogens with one attached hydrogen (secondary N) is 1. The first-order valence-corrected chi connectivity index (χ1v) is 5.63. The smallest absolute Gasteiger partial charge is 0.126 e. The van der Waals surface area contributed by atoms with Crippen LogP contribution in [0.2, 0.25) is 0 Å². The minimum atomic E-state index is -0.136. The molecule has 16 heavy (non-hydrogen) atoms. The van der Waals surface area contributed by atoms with Crippen molar-refractivity contribution in [1.29, 1.82) is 0 Å². The van der Waals surface area contributed by atoms with Crippen LogP contribution in [0.3, 0.4) is 0 Å². The van der Waals surface area contributed by atoms with Crippen LogP contribution in [0.25, 0.3) is 0 Å². The number of ether oxygens (including phenoxy) is 1. The highest BCUT2D eigenvalue weighted by Gasteiger charge is 2.32. The molecule has 1 aromatic carbocycles. The lowest BCUT2D eigenvalue weighted by atomic mass is 9.89. The molecule has 0 amide bonds. The zero-order valence-electron chi connectivity index (χ0n) is 9.85. The quantitative estimate of drug-likeness (QED) is 0.845. The third kappa shape index (κ3) is 2.60. The van der Waals surface area contributed by atoms with Crippen molar-refractivity contribution in [2.45, 2.75) is 20.4 Å². The summed E-state index contributed by atoms with van der Waals surface area (Å²) in [6.07, 6.45) is 0. The van der Waals surface area contributed by atoms with Gasteiger partial charge in [-0.15, -0.1) is 0 Å². The fraction of sp³-hybridized carbons (Fsp3) is 0.538. The van der Waals surface area contributed by atoms with Gasteiger partial charge in [0.15, 0.2) is 0 Å². The van der Waals surface area contributed by atoms with Crippen molar-refractivity contribution in [2.24, 2.45) is 5.41 Å². The maximum atomic E-state index is 13.0. The molecule has 2 rings (SSSR count). The number of hydrogen-bond acceptors (Lipinski definition) is 2. The van der Waals surface area contributed by atoms with E-state index in [0.29, 0.717) is 5.56 Å². The minimum absolute atomic E-state index is 0.136. The molecule has 0 atom stereocenters. The van der Waals surface area contributed by atoms with Gasteiger partial charge in [0.25, 0.3) is 0 Å². The molecule has 0 radical (unpaired) electrons. The Morgan fingerprint density at radius 3 is 2.75 bits per heavy atom. The molecule has 0 saturated carbocycles. The molecule has 1 aliphatic rings. The summed E-state index contributed by atoms with van der Waals surface area (Å²) in [5.41, 5.74) is 2.12. The van der Waals surface area contributed by atoms with Gasteiger partial charge in [-0.05, 0) is 24.1 Å². The molecule has 1 heterocycles. The van der Waals surface area contributed by atoms with Crippen LogP contribution in [0.5, 0.6) is 0 Å². The predicted molar refractivity (Wildman–Crippen MR) is 61.8 cm³/mol. The van der Waals surface area contributed by atoms with Crippen molar-refractivity contribution in [2.75, 3.05) is 19.8 Å². The van der Waals surface area contributed by atoms with Crippen LogP contribution in [-0.4, -0.2) is 19.8 Å². The van der Waals surface area contributed by atoms with Crippen LogP contribution in [0.15, 0.2) is 18.2 Å². The summed E-state index contributed by atoms with van der Waals surface area (Å²) in [5, 5.41) is 3.39. The maximum Gasteiger partial charge on any atom is 0.126 e. The Hall–Kier alpha value is -0.930. The summed E-state index contributed by atoms with van der Waals surface area (Å²) in [6, 6.07) is 5.25. The van der Waals surface area contributed by atoms with Crippen molar-refractivity contribution < 1.29 is 9.13 Å². The highest BCUT2D eigenvalue weighted by Crippen LogP contribution is 2.25. The normalized spacial score (nSPS) is 18.2. The molecule has 1 N–H and O–H groups in total. The van der Waals surface area contributed by atoms with Gasteiger partial charge in [0.05, 0.1) is 13.2 Å². The van der Waals surface area contributed by atoms with E-state index in [1.165, 1.54) is 6.07 Å². The van der Waals surface area contributed by atoms with Gasteiger partial charge in [0.2, 0.25) is 0 Å². The molecule has 3 heteroatoms. The van der Waals surface area contributed by atoms with Gasteiger partial charge in [-0.3, -0.25) is 0 Å². The van der Waals surface area contributed by atoms with E-state index in [1.54, 1.807) is 6.92 Å². The van der Waals surface area contributed by atoms with Crippen LogP contribution in [0.1, 0.15) is 18.1 Å². The van der Waals surface area contributed by atoms with E-state index in [-0.39, 0.29) is 11.2 Å². The summed E-state index contributed by atoms with van der Waals surface area (Å²) in [4.78, 5) is 0. The SMILES string of the molecule is Cc1cc(CNCC2(C)COC2)ccc1F. The van der Waals surface area contributed by atoms with Crippen LogP contribution >= 0.6 is 0 Å². The number of aryl methyl sites for hydroxylation is 1. The summed E-state index contributed by atoms with van der Waals surface area (Å²) in [5.74, 6) is -0.136. The van der Waals surface area contributed by atoms with E-state index in [1.807, 2.05) is 12.1 Å². The molecule has 0 unspecified atom stereocenters. The highest BCUT2D eigenvalue weighted by molar-refractivity contribution is 5.23. The Balaban J connectivity index is 1.83. The predicted octanol–water partition coefficient (Wildman–Crippen LogP) is 2.26. The first kappa shape index (κ1) is 11.6. The molecule has 88 valence electrons. The second kappa shape index (κ2) is 4.52. The highest BCUT2D eigenvalue weighted by atomic mass is 19.1. The topological polar surface area (TPSA) is 21.3 Å². The molecule has 0 aliphatic carbocycles. The molecule has 2 nitrogen and oxygen atoms in total. The number of hydrogen-bond donors (Lipinski definition) is 1. The lowest BCUT2D eigenvalue weighted by Crippen LogP contribution is -2.47. The molecular formula is C13H18FNO. The number of benzene rings is 1. The van der Waals surface area contributed by atoms with Crippen molar-refractivity contribution in [3.8, 4) is 0 Å². The van der Waals surface area contributed by atoms with E-state index in [4.69, 9.17) is 4.74 Å². The zero-order chi connectivity index (χ0) is 11.6. The van der Waals surface area contributed by atoms with Gasteiger partial charge in [-0.1, -0.05) is 19.1 Å². The van der Waals surface area contributed by atoms with Crippen molar-refractivity contribution >= 4 is 0 Å².